The zero-order chi connectivity index (χ0) is 12.6. The van der Waals surface area contributed by atoms with Gasteiger partial charge in [0, 0.05) is 17.2 Å². The second-order valence-electron chi connectivity index (χ2n) is 3.47. The van der Waals surface area contributed by atoms with Gasteiger partial charge in [0.15, 0.2) is 11.6 Å². The fourth-order valence-corrected chi connectivity index (χ4v) is 1.65. The van der Waals surface area contributed by atoms with Crippen LogP contribution < -0.4 is 5.73 Å². The summed E-state index contributed by atoms with van der Waals surface area (Å²) in [6.45, 7) is 1.63. The van der Waals surface area contributed by atoms with Crippen LogP contribution in [0.1, 0.15) is 5.56 Å². The van der Waals surface area contributed by atoms with Gasteiger partial charge < -0.3 is 10.3 Å². The molecule has 0 atom stereocenters. The number of rotatable bonds is 2. The Hall–Kier alpha value is -2.08. The number of benzene rings is 1. The minimum Gasteiger partial charge on any atom is -0.380 e. The fourth-order valence-electron chi connectivity index (χ4n) is 1.47. The van der Waals surface area contributed by atoms with Crippen molar-refractivity contribution in [2.45, 2.75) is 6.92 Å². The molecule has 0 bridgehead atoms. The van der Waals surface area contributed by atoms with Gasteiger partial charge in [0.1, 0.15) is 5.02 Å². The van der Waals surface area contributed by atoms with Crippen molar-refractivity contribution in [1.82, 2.24) is 5.16 Å². The Kier molecular flexibility index (Phi) is 2.72. The van der Waals surface area contributed by atoms with E-state index in [1.807, 2.05) is 0 Å². The molecule has 0 aliphatic rings. The van der Waals surface area contributed by atoms with Gasteiger partial charge in [-0.2, -0.15) is 0 Å². The summed E-state index contributed by atoms with van der Waals surface area (Å²) in [7, 11) is 0. The van der Waals surface area contributed by atoms with E-state index in [1.54, 1.807) is 13.0 Å². The number of aryl methyl sites for hydroxylation is 1. The van der Waals surface area contributed by atoms with E-state index in [0.29, 0.717) is 16.9 Å². The van der Waals surface area contributed by atoms with Gasteiger partial charge in [-0.25, -0.2) is 0 Å². The number of anilines is 1. The Morgan fingerprint density at radius 3 is 2.71 bits per heavy atom. The molecule has 2 rings (SSSR count). The van der Waals surface area contributed by atoms with E-state index in [-0.39, 0.29) is 16.5 Å². The summed E-state index contributed by atoms with van der Waals surface area (Å²) < 4.78 is 4.96. The normalized spacial score (nSPS) is 10.5. The second-order valence-corrected chi connectivity index (χ2v) is 3.85. The SMILES string of the molecule is Cc1cc(-c2onc(N)c2Cl)ccc1[N+](=O)[O-]. The summed E-state index contributed by atoms with van der Waals surface area (Å²) in [5.74, 6) is 0.403. The molecule has 17 heavy (non-hydrogen) atoms. The summed E-state index contributed by atoms with van der Waals surface area (Å²) in [4.78, 5) is 10.2. The monoisotopic (exact) mass is 253 g/mol. The summed E-state index contributed by atoms with van der Waals surface area (Å²) in [6, 6.07) is 4.53. The van der Waals surface area contributed by atoms with Gasteiger partial charge in [0.2, 0.25) is 0 Å². The number of hydrogen-bond acceptors (Lipinski definition) is 5. The molecule has 1 aromatic carbocycles. The Labute approximate surface area is 101 Å². The van der Waals surface area contributed by atoms with Crippen LogP contribution in [0.2, 0.25) is 5.02 Å². The Balaban J connectivity index is 2.52. The lowest BCUT2D eigenvalue weighted by Gasteiger charge is -2.00. The Bertz CT molecular complexity index is 594. The van der Waals surface area contributed by atoms with E-state index < -0.39 is 4.92 Å². The summed E-state index contributed by atoms with van der Waals surface area (Å²) in [5, 5.41) is 14.4. The first kappa shape index (κ1) is 11.4. The number of hydrogen-bond donors (Lipinski definition) is 1. The molecule has 0 saturated heterocycles. The summed E-state index contributed by atoms with van der Waals surface area (Å²) >= 11 is 5.88. The number of halogens is 1. The molecule has 0 radical (unpaired) electrons. The molecule has 0 unspecified atom stereocenters. The highest BCUT2D eigenvalue weighted by atomic mass is 35.5. The molecule has 7 heteroatoms. The number of nitrogens with zero attached hydrogens (tertiary/aromatic N) is 2. The van der Waals surface area contributed by atoms with Gasteiger partial charge in [-0.05, 0) is 19.1 Å². The molecule has 0 amide bonds. The lowest BCUT2D eigenvalue weighted by molar-refractivity contribution is -0.385. The van der Waals surface area contributed by atoms with Gasteiger partial charge in [-0.3, -0.25) is 10.1 Å². The number of nitro groups is 1. The number of aromatic nitrogens is 1. The van der Waals surface area contributed by atoms with Crippen LogP contribution in [0.5, 0.6) is 0 Å². The molecule has 0 spiro atoms. The molecule has 6 nitrogen and oxygen atoms in total. The van der Waals surface area contributed by atoms with Crippen molar-refractivity contribution >= 4 is 23.1 Å². The zero-order valence-electron chi connectivity index (χ0n) is 8.81. The fraction of sp³-hybridized carbons (Fsp3) is 0.100. The average Bonchev–Trinajstić information content (AvgIpc) is 2.59. The largest absolute Gasteiger partial charge is 0.380 e. The highest BCUT2D eigenvalue weighted by Gasteiger charge is 2.17. The van der Waals surface area contributed by atoms with Gasteiger partial charge in [-0.15, -0.1) is 0 Å². The lowest BCUT2D eigenvalue weighted by Crippen LogP contribution is -1.91. The molecule has 88 valence electrons. The van der Waals surface area contributed by atoms with Crippen LogP contribution in [-0.4, -0.2) is 10.1 Å². The maximum atomic E-state index is 10.7. The van der Waals surface area contributed by atoms with Crippen LogP contribution in [-0.2, 0) is 0 Å². The van der Waals surface area contributed by atoms with Crippen molar-refractivity contribution in [1.29, 1.82) is 0 Å². The molecule has 1 aromatic heterocycles. The predicted molar refractivity (Wildman–Crippen MR) is 62.8 cm³/mol. The molecule has 0 aliphatic heterocycles. The van der Waals surface area contributed by atoms with Gasteiger partial charge in [0.25, 0.3) is 5.69 Å². The average molecular weight is 254 g/mol. The van der Waals surface area contributed by atoms with Crippen molar-refractivity contribution in [2.75, 3.05) is 5.73 Å². The molecular formula is C10H8ClN3O3. The third kappa shape index (κ3) is 1.94. The molecule has 0 aliphatic carbocycles. The topological polar surface area (TPSA) is 95.2 Å². The summed E-state index contributed by atoms with van der Waals surface area (Å²) in [6.07, 6.45) is 0. The quantitative estimate of drug-likeness (QED) is 0.656. The Morgan fingerprint density at radius 1 is 1.53 bits per heavy atom. The van der Waals surface area contributed by atoms with Crippen LogP contribution in [0.4, 0.5) is 11.5 Å². The van der Waals surface area contributed by atoms with E-state index in [2.05, 4.69) is 5.16 Å². The highest BCUT2D eigenvalue weighted by Crippen LogP contribution is 2.34. The molecule has 0 saturated carbocycles. The first-order valence-electron chi connectivity index (χ1n) is 4.66. The van der Waals surface area contributed by atoms with Crippen molar-refractivity contribution in [3.8, 4) is 11.3 Å². The van der Waals surface area contributed by atoms with Gasteiger partial charge in [0.05, 0.1) is 4.92 Å². The van der Waals surface area contributed by atoms with Crippen LogP contribution in [0, 0.1) is 17.0 Å². The predicted octanol–water partition coefficient (Wildman–Crippen LogP) is 2.79. The third-order valence-corrected chi connectivity index (χ3v) is 2.68. The van der Waals surface area contributed by atoms with Crippen LogP contribution in [0.3, 0.4) is 0 Å². The number of nitro benzene ring substituents is 1. The molecule has 2 N–H and O–H groups in total. The maximum Gasteiger partial charge on any atom is 0.272 e. The van der Waals surface area contributed by atoms with Gasteiger partial charge >= 0.3 is 0 Å². The minimum absolute atomic E-state index is 0.0392. The van der Waals surface area contributed by atoms with E-state index in [9.17, 15) is 10.1 Å². The molecule has 0 fully saturated rings. The zero-order valence-corrected chi connectivity index (χ0v) is 9.56. The van der Waals surface area contributed by atoms with E-state index in [0.717, 1.165) is 0 Å². The van der Waals surface area contributed by atoms with Crippen molar-refractivity contribution in [3.05, 3.63) is 38.9 Å². The molecule has 1 heterocycles. The molecular weight excluding hydrogens is 246 g/mol. The second kappa shape index (κ2) is 4.06. The maximum absolute atomic E-state index is 10.7. The first-order valence-corrected chi connectivity index (χ1v) is 5.04. The smallest absolute Gasteiger partial charge is 0.272 e. The lowest BCUT2D eigenvalue weighted by atomic mass is 10.1. The number of nitrogen functional groups attached to an aromatic ring is 1. The van der Waals surface area contributed by atoms with E-state index in [4.69, 9.17) is 21.9 Å². The summed E-state index contributed by atoms with van der Waals surface area (Å²) in [5.41, 5.74) is 6.60. The standard InChI is InChI=1S/C10H8ClN3O3/c1-5-4-6(2-3-7(5)14(15)16)9-8(11)10(12)13-17-9/h2-4H,1H3,(H2,12,13). The first-order chi connectivity index (χ1) is 8.00. The number of nitrogens with two attached hydrogens (primary N) is 1. The van der Waals surface area contributed by atoms with Crippen LogP contribution in [0.25, 0.3) is 11.3 Å². The van der Waals surface area contributed by atoms with E-state index >= 15 is 0 Å². The van der Waals surface area contributed by atoms with Crippen LogP contribution >= 0.6 is 11.6 Å². The third-order valence-electron chi connectivity index (χ3n) is 2.32. The van der Waals surface area contributed by atoms with Gasteiger partial charge in [-0.1, -0.05) is 16.8 Å². The minimum atomic E-state index is -0.449. The van der Waals surface area contributed by atoms with Crippen LogP contribution in [0.15, 0.2) is 22.7 Å². The van der Waals surface area contributed by atoms with E-state index in [1.165, 1.54) is 12.1 Å². The van der Waals surface area contributed by atoms with Crippen molar-refractivity contribution in [3.63, 3.8) is 0 Å². The highest BCUT2D eigenvalue weighted by molar-refractivity contribution is 6.35. The van der Waals surface area contributed by atoms with Crippen molar-refractivity contribution < 1.29 is 9.45 Å². The molecule has 2 aromatic rings. The Morgan fingerprint density at radius 2 is 2.24 bits per heavy atom. The van der Waals surface area contributed by atoms with Crippen molar-refractivity contribution in [2.24, 2.45) is 0 Å².